The summed E-state index contributed by atoms with van der Waals surface area (Å²) < 4.78 is 5.23. The van der Waals surface area contributed by atoms with Crippen molar-refractivity contribution in [2.75, 3.05) is 20.2 Å². The highest BCUT2D eigenvalue weighted by Crippen LogP contribution is 2.18. The fourth-order valence-electron chi connectivity index (χ4n) is 2.19. The molecule has 1 amide bonds. The summed E-state index contributed by atoms with van der Waals surface area (Å²) in [6.07, 6.45) is 0. The predicted octanol–water partition coefficient (Wildman–Crippen LogP) is 2.78. The maximum Gasteiger partial charge on any atom is 0.251 e. The van der Waals surface area contributed by atoms with Crippen LogP contribution >= 0.6 is 0 Å². The molecule has 0 saturated carbocycles. The summed E-state index contributed by atoms with van der Waals surface area (Å²) in [5.74, 6) is 0.806. The molecule has 2 aromatic carbocycles. The summed E-state index contributed by atoms with van der Waals surface area (Å²) in [6, 6.07) is 17.4. The largest absolute Gasteiger partial charge is 0.497 e. The number of ether oxygens (including phenoxy) is 1. The molecule has 0 aliphatic carbocycles. The van der Waals surface area contributed by atoms with E-state index in [2.05, 4.69) is 23.6 Å². The van der Waals surface area contributed by atoms with E-state index in [4.69, 9.17) is 4.74 Å². The average molecular weight is 298 g/mol. The summed E-state index contributed by atoms with van der Waals surface area (Å²) >= 11 is 0. The summed E-state index contributed by atoms with van der Waals surface area (Å²) in [5, 5.41) is 6.29. The number of carbonyl (C=O) groups is 1. The van der Waals surface area contributed by atoms with Gasteiger partial charge >= 0.3 is 0 Å². The van der Waals surface area contributed by atoms with Gasteiger partial charge in [-0.25, -0.2) is 0 Å². The Morgan fingerprint density at radius 1 is 1.09 bits per heavy atom. The number of amides is 1. The molecule has 0 fully saturated rings. The number of benzene rings is 2. The maximum atomic E-state index is 11.9. The predicted molar refractivity (Wildman–Crippen MR) is 88.2 cm³/mol. The van der Waals surface area contributed by atoms with Crippen molar-refractivity contribution in [1.82, 2.24) is 10.6 Å². The van der Waals surface area contributed by atoms with E-state index in [-0.39, 0.29) is 11.9 Å². The monoisotopic (exact) mass is 298 g/mol. The van der Waals surface area contributed by atoms with Gasteiger partial charge < -0.3 is 15.4 Å². The third kappa shape index (κ3) is 4.60. The lowest BCUT2D eigenvalue weighted by molar-refractivity contribution is 0.0953. The van der Waals surface area contributed by atoms with Crippen LogP contribution in [0, 0.1) is 0 Å². The van der Waals surface area contributed by atoms with Crippen molar-refractivity contribution in [3.05, 3.63) is 65.7 Å². The first-order valence-electron chi connectivity index (χ1n) is 7.41. The summed E-state index contributed by atoms with van der Waals surface area (Å²) in [6.45, 7) is 3.38. The first kappa shape index (κ1) is 16.0. The van der Waals surface area contributed by atoms with Crippen LogP contribution in [0.2, 0.25) is 0 Å². The van der Waals surface area contributed by atoms with Crippen molar-refractivity contribution in [2.45, 2.75) is 13.0 Å². The number of nitrogens with one attached hydrogen (secondary N) is 2. The van der Waals surface area contributed by atoms with Crippen LogP contribution in [-0.4, -0.2) is 26.1 Å². The SMILES string of the molecule is COc1cccc([C@@H](C)NCCNC(=O)c2ccccc2)c1. The molecule has 0 bridgehead atoms. The first-order chi connectivity index (χ1) is 10.7. The smallest absolute Gasteiger partial charge is 0.251 e. The van der Waals surface area contributed by atoms with Crippen LogP contribution in [-0.2, 0) is 0 Å². The molecule has 116 valence electrons. The molecule has 2 aromatic rings. The highest BCUT2D eigenvalue weighted by molar-refractivity contribution is 5.94. The molecule has 0 unspecified atom stereocenters. The van der Waals surface area contributed by atoms with Gasteiger partial charge in [0.2, 0.25) is 0 Å². The normalized spacial score (nSPS) is 11.7. The van der Waals surface area contributed by atoms with Gasteiger partial charge in [0.15, 0.2) is 0 Å². The molecule has 4 nitrogen and oxygen atoms in total. The molecule has 0 radical (unpaired) electrons. The van der Waals surface area contributed by atoms with Gasteiger partial charge in [0, 0.05) is 24.7 Å². The fourth-order valence-corrected chi connectivity index (χ4v) is 2.19. The summed E-state index contributed by atoms with van der Waals surface area (Å²) in [4.78, 5) is 11.9. The van der Waals surface area contributed by atoms with E-state index in [9.17, 15) is 4.79 Å². The quantitative estimate of drug-likeness (QED) is 0.773. The summed E-state index contributed by atoms with van der Waals surface area (Å²) in [7, 11) is 1.66. The Hall–Kier alpha value is -2.33. The van der Waals surface area contributed by atoms with Crippen molar-refractivity contribution >= 4 is 5.91 Å². The molecule has 2 rings (SSSR count). The second kappa shape index (κ2) is 8.20. The minimum absolute atomic E-state index is 0.0450. The van der Waals surface area contributed by atoms with Crippen LogP contribution in [0.25, 0.3) is 0 Å². The number of hydrogen-bond acceptors (Lipinski definition) is 3. The van der Waals surface area contributed by atoms with Crippen molar-refractivity contribution in [1.29, 1.82) is 0 Å². The zero-order chi connectivity index (χ0) is 15.8. The van der Waals surface area contributed by atoms with Crippen LogP contribution in [0.5, 0.6) is 5.75 Å². The van der Waals surface area contributed by atoms with Crippen LogP contribution in [0.15, 0.2) is 54.6 Å². The van der Waals surface area contributed by atoms with E-state index in [1.807, 2.05) is 48.5 Å². The van der Waals surface area contributed by atoms with Crippen molar-refractivity contribution in [2.24, 2.45) is 0 Å². The molecule has 0 saturated heterocycles. The highest BCUT2D eigenvalue weighted by Gasteiger charge is 2.06. The third-order valence-corrected chi connectivity index (χ3v) is 3.49. The van der Waals surface area contributed by atoms with Gasteiger partial charge in [-0.3, -0.25) is 4.79 Å². The van der Waals surface area contributed by atoms with Gasteiger partial charge in [-0.05, 0) is 36.8 Å². The fraction of sp³-hybridized carbons (Fsp3) is 0.278. The van der Waals surface area contributed by atoms with Gasteiger partial charge in [0.25, 0.3) is 5.91 Å². The Kier molecular flexibility index (Phi) is 5.98. The van der Waals surface area contributed by atoms with Gasteiger partial charge in [0.1, 0.15) is 5.75 Å². The van der Waals surface area contributed by atoms with E-state index in [1.54, 1.807) is 7.11 Å². The van der Waals surface area contributed by atoms with E-state index in [0.29, 0.717) is 18.7 Å². The Morgan fingerprint density at radius 3 is 2.59 bits per heavy atom. The van der Waals surface area contributed by atoms with Gasteiger partial charge in [-0.15, -0.1) is 0 Å². The Morgan fingerprint density at radius 2 is 1.86 bits per heavy atom. The van der Waals surface area contributed by atoms with E-state index >= 15 is 0 Å². The molecule has 4 heteroatoms. The molecule has 1 atom stereocenters. The minimum Gasteiger partial charge on any atom is -0.497 e. The van der Waals surface area contributed by atoms with E-state index in [1.165, 1.54) is 0 Å². The lowest BCUT2D eigenvalue weighted by Crippen LogP contribution is -2.32. The molecule has 0 aliphatic rings. The second-order valence-electron chi connectivity index (χ2n) is 5.07. The van der Waals surface area contributed by atoms with Crippen LogP contribution in [0.3, 0.4) is 0 Å². The second-order valence-corrected chi connectivity index (χ2v) is 5.07. The zero-order valence-electron chi connectivity index (χ0n) is 13.0. The topological polar surface area (TPSA) is 50.4 Å². The maximum absolute atomic E-state index is 11.9. The van der Waals surface area contributed by atoms with Crippen molar-refractivity contribution in [3.63, 3.8) is 0 Å². The average Bonchev–Trinajstić information content (AvgIpc) is 2.59. The number of rotatable bonds is 7. The Labute approximate surface area is 131 Å². The van der Waals surface area contributed by atoms with Crippen LogP contribution < -0.4 is 15.4 Å². The molecule has 22 heavy (non-hydrogen) atoms. The Bertz CT molecular complexity index is 599. The lowest BCUT2D eigenvalue weighted by Gasteiger charge is -2.15. The van der Waals surface area contributed by atoms with Crippen LogP contribution in [0.4, 0.5) is 0 Å². The standard InChI is InChI=1S/C18H22N2O2/c1-14(16-9-6-10-17(13-16)22-2)19-11-12-20-18(21)15-7-4-3-5-8-15/h3-10,13-14,19H,11-12H2,1-2H3,(H,20,21)/t14-/m1/s1. The molecule has 2 N–H and O–H groups in total. The van der Waals surface area contributed by atoms with E-state index < -0.39 is 0 Å². The molecule has 0 spiro atoms. The van der Waals surface area contributed by atoms with Gasteiger partial charge in [-0.2, -0.15) is 0 Å². The lowest BCUT2D eigenvalue weighted by atomic mass is 10.1. The number of carbonyl (C=O) groups excluding carboxylic acids is 1. The van der Waals surface area contributed by atoms with Crippen LogP contribution in [0.1, 0.15) is 28.9 Å². The van der Waals surface area contributed by atoms with E-state index in [0.717, 1.165) is 11.3 Å². The zero-order valence-corrected chi connectivity index (χ0v) is 13.0. The minimum atomic E-state index is -0.0450. The molecular weight excluding hydrogens is 276 g/mol. The Balaban J connectivity index is 1.75. The number of methoxy groups -OCH3 is 1. The molecule has 0 aliphatic heterocycles. The number of hydrogen-bond donors (Lipinski definition) is 2. The first-order valence-corrected chi connectivity index (χ1v) is 7.41. The molecule has 0 heterocycles. The van der Waals surface area contributed by atoms with Gasteiger partial charge in [-0.1, -0.05) is 30.3 Å². The molecular formula is C18H22N2O2. The van der Waals surface area contributed by atoms with Crippen molar-refractivity contribution < 1.29 is 9.53 Å². The molecule has 0 aromatic heterocycles. The third-order valence-electron chi connectivity index (χ3n) is 3.49. The van der Waals surface area contributed by atoms with Crippen molar-refractivity contribution in [3.8, 4) is 5.75 Å². The summed E-state index contributed by atoms with van der Waals surface area (Å²) in [5.41, 5.74) is 1.84. The van der Waals surface area contributed by atoms with Gasteiger partial charge in [0.05, 0.1) is 7.11 Å². The highest BCUT2D eigenvalue weighted by atomic mass is 16.5.